The lowest BCUT2D eigenvalue weighted by atomic mass is 9.91. The molecule has 0 aliphatic carbocycles. The summed E-state index contributed by atoms with van der Waals surface area (Å²) in [5.41, 5.74) is 1.45. The van der Waals surface area contributed by atoms with Gasteiger partial charge < -0.3 is 19.7 Å². The highest BCUT2D eigenvalue weighted by molar-refractivity contribution is 5.98. The van der Waals surface area contributed by atoms with E-state index in [2.05, 4.69) is 10.3 Å². The third kappa shape index (κ3) is 7.07. The lowest BCUT2D eigenvalue weighted by molar-refractivity contribution is -0.116. The summed E-state index contributed by atoms with van der Waals surface area (Å²) < 4.78 is 10.7. The quantitative estimate of drug-likeness (QED) is 0.437. The van der Waals surface area contributed by atoms with Crippen LogP contribution in [0.15, 0.2) is 48.8 Å². The van der Waals surface area contributed by atoms with Crippen LogP contribution in [0.2, 0.25) is 0 Å². The Labute approximate surface area is 195 Å². The Morgan fingerprint density at radius 1 is 1.12 bits per heavy atom. The van der Waals surface area contributed by atoms with Gasteiger partial charge in [0.05, 0.1) is 19.8 Å². The molecule has 0 atom stereocenters. The maximum atomic E-state index is 13.0. The minimum absolute atomic E-state index is 0.00810. The number of amides is 2. The van der Waals surface area contributed by atoms with Crippen LogP contribution in [0.5, 0.6) is 11.5 Å². The summed E-state index contributed by atoms with van der Waals surface area (Å²) in [5, 5.41) is 2.93. The van der Waals surface area contributed by atoms with Crippen molar-refractivity contribution in [3.05, 3.63) is 59.9 Å². The molecule has 1 aliphatic heterocycles. The molecule has 1 saturated heterocycles. The predicted molar refractivity (Wildman–Crippen MR) is 128 cm³/mol. The van der Waals surface area contributed by atoms with E-state index in [1.54, 1.807) is 50.9 Å². The molecule has 1 aromatic heterocycles. The highest BCUT2D eigenvalue weighted by atomic mass is 16.5. The van der Waals surface area contributed by atoms with Gasteiger partial charge >= 0.3 is 0 Å². The molecule has 2 heterocycles. The fourth-order valence-electron chi connectivity index (χ4n) is 4.13. The van der Waals surface area contributed by atoms with E-state index in [9.17, 15) is 9.59 Å². The van der Waals surface area contributed by atoms with Gasteiger partial charge in [-0.2, -0.15) is 0 Å². The van der Waals surface area contributed by atoms with E-state index in [-0.39, 0.29) is 11.8 Å². The smallest absolute Gasteiger partial charge is 0.257 e. The number of carbonyl (C=O) groups is 2. The van der Waals surface area contributed by atoms with Gasteiger partial charge in [0.25, 0.3) is 5.91 Å². The Bertz CT molecular complexity index is 938. The van der Waals surface area contributed by atoms with E-state index in [4.69, 9.17) is 9.47 Å². The molecule has 7 nitrogen and oxygen atoms in total. The largest absolute Gasteiger partial charge is 0.493 e. The van der Waals surface area contributed by atoms with E-state index in [1.165, 1.54) is 0 Å². The second-order valence-electron chi connectivity index (χ2n) is 8.18. The van der Waals surface area contributed by atoms with Gasteiger partial charge in [-0.3, -0.25) is 14.6 Å². The Kier molecular flexibility index (Phi) is 9.30. The molecule has 1 fully saturated rings. The number of hydrogen-bond acceptors (Lipinski definition) is 5. The molecule has 0 radical (unpaired) electrons. The fraction of sp³-hybridized carbons (Fsp3) is 0.423. The number of carbonyl (C=O) groups excluding carboxylic acids is 2. The van der Waals surface area contributed by atoms with Gasteiger partial charge in [0, 0.05) is 38.1 Å². The molecule has 1 aliphatic rings. The van der Waals surface area contributed by atoms with E-state index >= 15 is 0 Å². The molecule has 1 aromatic carbocycles. The van der Waals surface area contributed by atoms with Crippen molar-refractivity contribution >= 4 is 17.9 Å². The van der Waals surface area contributed by atoms with Crippen molar-refractivity contribution in [2.24, 2.45) is 5.92 Å². The summed E-state index contributed by atoms with van der Waals surface area (Å²) in [5.74, 6) is 1.58. The van der Waals surface area contributed by atoms with Crippen LogP contribution in [0.1, 0.15) is 48.0 Å². The summed E-state index contributed by atoms with van der Waals surface area (Å²) in [6.07, 6.45) is 11.9. The number of rotatable bonds is 10. The van der Waals surface area contributed by atoms with Crippen molar-refractivity contribution in [1.29, 1.82) is 0 Å². The first-order valence-corrected chi connectivity index (χ1v) is 11.5. The molecular weight excluding hydrogens is 418 g/mol. The zero-order valence-electron chi connectivity index (χ0n) is 19.5. The maximum Gasteiger partial charge on any atom is 0.257 e. The van der Waals surface area contributed by atoms with Crippen molar-refractivity contribution in [1.82, 2.24) is 15.2 Å². The lowest BCUT2D eigenvalue weighted by Crippen LogP contribution is -2.38. The number of piperidine rings is 1. The van der Waals surface area contributed by atoms with Crippen molar-refractivity contribution < 1.29 is 19.1 Å². The van der Waals surface area contributed by atoms with E-state index in [1.807, 2.05) is 23.1 Å². The summed E-state index contributed by atoms with van der Waals surface area (Å²) in [7, 11) is 3.13. The van der Waals surface area contributed by atoms with Crippen molar-refractivity contribution in [2.45, 2.75) is 32.1 Å². The fourth-order valence-corrected chi connectivity index (χ4v) is 4.13. The summed E-state index contributed by atoms with van der Waals surface area (Å²) in [6, 6.07) is 9.14. The van der Waals surface area contributed by atoms with Gasteiger partial charge in [-0.05, 0) is 55.0 Å². The molecule has 7 heteroatoms. The van der Waals surface area contributed by atoms with Crippen LogP contribution >= 0.6 is 0 Å². The first kappa shape index (κ1) is 24.3. The topological polar surface area (TPSA) is 80.8 Å². The van der Waals surface area contributed by atoms with E-state index < -0.39 is 0 Å². The normalized spacial score (nSPS) is 14.3. The number of para-hydroxylation sites is 1. The summed E-state index contributed by atoms with van der Waals surface area (Å²) >= 11 is 0. The average molecular weight is 452 g/mol. The molecule has 2 aromatic rings. The Hall–Kier alpha value is -3.35. The summed E-state index contributed by atoms with van der Waals surface area (Å²) in [6.45, 7) is 2.17. The van der Waals surface area contributed by atoms with Crippen LogP contribution in [0.25, 0.3) is 6.08 Å². The van der Waals surface area contributed by atoms with Crippen molar-refractivity contribution in [3.8, 4) is 11.5 Å². The van der Waals surface area contributed by atoms with Crippen LogP contribution in [0, 0.1) is 5.92 Å². The average Bonchev–Trinajstić information content (AvgIpc) is 2.87. The van der Waals surface area contributed by atoms with Crippen LogP contribution < -0.4 is 14.8 Å². The van der Waals surface area contributed by atoms with Gasteiger partial charge in [0.15, 0.2) is 11.5 Å². The number of unbranched alkanes of at least 4 members (excludes halogenated alkanes) is 1. The monoisotopic (exact) mass is 451 g/mol. The molecule has 0 spiro atoms. The Balaban J connectivity index is 1.34. The lowest BCUT2D eigenvalue weighted by Gasteiger charge is -2.32. The number of hydrogen-bond donors (Lipinski definition) is 1. The predicted octanol–water partition coefficient (Wildman–Crippen LogP) is 3.95. The first-order chi connectivity index (χ1) is 16.1. The number of pyridine rings is 1. The SMILES string of the molecule is COc1cccc(C(=O)N2CCC(CCCCNC(=O)/C=C/c3cccnc3)CC2)c1OC. The van der Waals surface area contributed by atoms with Gasteiger partial charge in [-0.15, -0.1) is 0 Å². The van der Waals surface area contributed by atoms with Crippen LogP contribution in [-0.4, -0.2) is 55.6 Å². The number of nitrogens with one attached hydrogen (secondary N) is 1. The zero-order valence-corrected chi connectivity index (χ0v) is 19.5. The second-order valence-corrected chi connectivity index (χ2v) is 8.18. The molecule has 33 heavy (non-hydrogen) atoms. The van der Waals surface area contributed by atoms with Gasteiger partial charge in [-0.25, -0.2) is 0 Å². The number of likely N-dealkylation sites (tertiary alicyclic amines) is 1. The summed E-state index contributed by atoms with van der Waals surface area (Å²) in [4.78, 5) is 30.8. The number of methoxy groups -OCH3 is 2. The van der Waals surface area contributed by atoms with Crippen LogP contribution in [0.4, 0.5) is 0 Å². The highest BCUT2D eigenvalue weighted by Crippen LogP contribution is 2.32. The van der Waals surface area contributed by atoms with Gasteiger partial charge in [0.1, 0.15) is 0 Å². The van der Waals surface area contributed by atoms with Gasteiger partial charge in [0.2, 0.25) is 5.91 Å². The third-order valence-electron chi connectivity index (χ3n) is 5.99. The zero-order chi connectivity index (χ0) is 23.5. The molecule has 2 amide bonds. The molecule has 0 saturated carbocycles. The third-order valence-corrected chi connectivity index (χ3v) is 5.99. The molecule has 0 unspecified atom stereocenters. The standard InChI is InChI=1S/C26H33N3O4/c1-32-23-10-5-9-22(25(23)33-2)26(31)29-17-13-20(14-18-29)7-3-4-16-28-24(30)12-11-21-8-6-15-27-19-21/h5-6,8-12,15,19-20H,3-4,7,13-14,16-18H2,1-2H3,(H,28,30)/b12-11+. The minimum atomic E-state index is -0.0846. The Morgan fingerprint density at radius 3 is 2.64 bits per heavy atom. The second kappa shape index (κ2) is 12.6. The van der Waals surface area contributed by atoms with Crippen molar-refractivity contribution in [2.75, 3.05) is 33.9 Å². The molecule has 1 N–H and O–H groups in total. The first-order valence-electron chi connectivity index (χ1n) is 11.5. The Morgan fingerprint density at radius 2 is 1.94 bits per heavy atom. The minimum Gasteiger partial charge on any atom is -0.493 e. The molecule has 176 valence electrons. The molecular formula is C26H33N3O4. The number of nitrogens with zero attached hydrogens (tertiary/aromatic N) is 2. The molecule has 3 rings (SSSR count). The number of ether oxygens (including phenoxy) is 2. The van der Waals surface area contributed by atoms with Crippen molar-refractivity contribution in [3.63, 3.8) is 0 Å². The van der Waals surface area contributed by atoms with Crippen LogP contribution in [-0.2, 0) is 4.79 Å². The van der Waals surface area contributed by atoms with E-state index in [0.717, 1.165) is 50.8 Å². The van der Waals surface area contributed by atoms with Crippen LogP contribution in [0.3, 0.4) is 0 Å². The maximum absolute atomic E-state index is 13.0. The molecule has 0 bridgehead atoms. The number of benzene rings is 1. The van der Waals surface area contributed by atoms with E-state index in [0.29, 0.717) is 29.5 Å². The highest BCUT2D eigenvalue weighted by Gasteiger charge is 2.26. The van der Waals surface area contributed by atoms with Gasteiger partial charge in [-0.1, -0.05) is 25.0 Å². The number of aromatic nitrogens is 1.